The third-order valence-electron chi connectivity index (χ3n) is 6.45. The second kappa shape index (κ2) is 42.0. The Balaban J connectivity index is 3.16. The summed E-state index contributed by atoms with van der Waals surface area (Å²) in [4.78, 5) is 26.2. The van der Waals surface area contributed by atoms with Crippen molar-refractivity contribution in [2.24, 2.45) is 10.8 Å². The Hall–Kier alpha value is -2.15. The van der Waals surface area contributed by atoms with E-state index in [4.69, 9.17) is 53.9 Å². The quantitative estimate of drug-likeness (QED) is 0.0359. The fraction of sp³-hybridized carbons (Fsp3) is 0.938. The molecule has 0 rings (SSSR count). The molecule has 0 aliphatic rings. The molecule has 0 heterocycles. The molecule has 17 heteroatoms. The molecular weight excluding hydrogens is 644 g/mol. The third-order valence-corrected chi connectivity index (χ3v) is 6.45. The molecule has 0 fully saturated rings. The minimum atomic E-state index is 0.0146. The van der Waals surface area contributed by atoms with Gasteiger partial charge in [-0.05, 0) is 37.8 Å². The second-order valence-corrected chi connectivity index (χ2v) is 10.6. The highest BCUT2D eigenvalue weighted by atomic mass is 16.6. The first-order valence-electron chi connectivity index (χ1n) is 17.6. The molecule has 49 heavy (non-hydrogen) atoms. The first-order valence-corrected chi connectivity index (χ1v) is 17.6. The van der Waals surface area contributed by atoms with Gasteiger partial charge in [-0.15, -0.1) is 0 Å². The zero-order valence-corrected chi connectivity index (χ0v) is 29.6. The summed E-state index contributed by atoms with van der Waals surface area (Å²) >= 11 is 0. The molecule has 0 aromatic carbocycles. The Kier molecular flexibility index (Phi) is 40.2. The van der Waals surface area contributed by atoms with Crippen LogP contribution in [0.4, 0.5) is 0 Å². The summed E-state index contributed by atoms with van der Waals surface area (Å²) in [7, 11) is 0. The van der Waals surface area contributed by atoms with Crippen molar-refractivity contribution in [2.75, 3.05) is 145 Å². The van der Waals surface area contributed by atoms with E-state index in [0.29, 0.717) is 158 Å². The van der Waals surface area contributed by atoms with Crippen molar-refractivity contribution < 1.29 is 52.2 Å². The number of carbonyl (C=O) groups excluding carboxylic acids is 2. The number of hydrogen-bond acceptors (Lipinski definition) is 13. The van der Waals surface area contributed by atoms with Gasteiger partial charge in [0.05, 0.1) is 119 Å². The lowest BCUT2D eigenvalue weighted by Gasteiger charge is -2.09. The van der Waals surface area contributed by atoms with Gasteiger partial charge in [0.1, 0.15) is 0 Å². The number of rotatable bonds is 41. The van der Waals surface area contributed by atoms with E-state index in [1.54, 1.807) is 0 Å². The molecule has 0 aromatic rings. The van der Waals surface area contributed by atoms with Gasteiger partial charge in [0.2, 0.25) is 11.8 Å². The van der Waals surface area contributed by atoms with E-state index < -0.39 is 0 Å². The van der Waals surface area contributed by atoms with Crippen LogP contribution in [0, 0.1) is 0 Å². The van der Waals surface area contributed by atoms with Crippen LogP contribution in [0.5, 0.6) is 0 Å². The Morgan fingerprint density at radius 1 is 0.469 bits per heavy atom. The molecule has 0 radical (unpaired) electrons. The van der Waals surface area contributed by atoms with E-state index in [2.05, 4.69) is 20.7 Å². The van der Waals surface area contributed by atoms with Crippen molar-refractivity contribution in [2.45, 2.75) is 51.4 Å². The maximum atomic E-state index is 11.9. The molecule has 0 unspecified atom stereocenters. The topological polar surface area (TPSA) is 216 Å². The van der Waals surface area contributed by atoms with E-state index >= 15 is 0 Å². The smallest absolute Gasteiger partial charge is 0.220 e. The highest BCUT2D eigenvalue weighted by Gasteiger charge is 2.03. The third kappa shape index (κ3) is 41.9. The summed E-state index contributed by atoms with van der Waals surface area (Å²) in [5.74, 6) is 0.105. The van der Waals surface area contributed by atoms with Crippen molar-refractivity contribution in [3.63, 3.8) is 0 Å². The number of ether oxygens (including phenoxy) is 9. The number of hydrogen-bond donors (Lipinski definition) is 3. The van der Waals surface area contributed by atoms with Crippen LogP contribution in [0.3, 0.4) is 0 Å². The number of unbranched alkanes of at least 4 members (excludes halogenated alkanes) is 4. The monoisotopic (exact) mass is 708 g/mol. The number of nitrogens with zero attached hydrogens (tertiary/aromatic N) is 3. The molecule has 0 aliphatic carbocycles. The van der Waals surface area contributed by atoms with E-state index in [0.717, 1.165) is 38.5 Å². The van der Waals surface area contributed by atoms with Crippen LogP contribution in [0.1, 0.15) is 51.4 Å². The number of carbonyl (C=O) groups is 2. The van der Waals surface area contributed by atoms with E-state index in [-0.39, 0.29) is 11.8 Å². The Labute approximate surface area is 292 Å². The van der Waals surface area contributed by atoms with Crippen molar-refractivity contribution in [1.82, 2.24) is 10.6 Å². The van der Waals surface area contributed by atoms with Gasteiger partial charge < -0.3 is 59.0 Å². The molecule has 0 aromatic heterocycles. The average Bonchev–Trinajstić information content (AvgIpc) is 3.10. The van der Waals surface area contributed by atoms with Crippen molar-refractivity contribution in [3.8, 4) is 0 Å². The van der Waals surface area contributed by atoms with Crippen LogP contribution >= 0.6 is 0 Å². The molecule has 2 amide bonds. The second-order valence-electron chi connectivity index (χ2n) is 10.6. The normalized spacial score (nSPS) is 11.0. The average molecular weight is 709 g/mol. The minimum Gasteiger partial charge on any atom is -0.379 e. The molecule has 0 saturated carbocycles. The Morgan fingerprint density at radius 2 is 0.816 bits per heavy atom. The minimum absolute atomic E-state index is 0.0146. The van der Waals surface area contributed by atoms with Gasteiger partial charge in [-0.25, -0.2) is 0 Å². The summed E-state index contributed by atoms with van der Waals surface area (Å²) in [6.07, 6.45) is 6.43. The zero-order chi connectivity index (χ0) is 35.6. The number of azide groups is 1. The first kappa shape index (κ1) is 46.9. The molecule has 0 atom stereocenters. The van der Waals surface area contributed by atoms with E-state index in [1.165, 1.54) is 0 Å². The van der Waals surface area contributed by atoms with Crippen LogP contribution in [-0.4, -0.2) is 157 Å². The number of amides is 2. The molecule has 0 aliphatic heterocycles. The molecular formula is C32H64N6O11. The molecule has 0 spiro atoms. The summed E-state index contributed by atoms with van der Waals surface area (Å²) in [5.41, 5.74) is 13.6. The van der Waals surface area contributed by atoms with Gasteiger partial charge in [0.15, 0.2) is 0 Å². The number of nitrogens with two attached hydrogens (primary N) is 1. The van der Waals surface area contributed by atoms with Crippen LogP contribution in [0.15, 0.2) is 5.11 Å². The summed E-state index contributed by atoms with van der Waals surface area (Å²) in [5, 5.41) is 9.14. The standard InChI is InChI=1S/C32H64N6O11/c33-9-5-1-3-7-31(39)35-10-6-2-4-8-32(40)36-11-13-41-15-17-43-19-21-45-23-25-47-27-29-49-30-28-48-26-24-46-22-20-44-18-16-42-14-12-37-38-34/h1-30,33H2,(H,35,39)(H,36,40). The summed E-state index contributed by atoms with van der Waals surface area (Å²) in [6, 6.07) is 0. The molecule has 4 N–H and O–H groups in total. The zero-order valence-electron chi connectivity index (χ0n) is 29.6. The van der Waals surface area contributed by atoms with Gasteiger partial charge in [0, 0.05) is 37.4 Å². The van der Waals surface area contributed by atoms with Gasteiger partial charge in [-0.1, -0.05) is 18.0 Å². The van der Waals surface area contributed by atoms with E-state index in [9.17, 15) is 9.59 Å². The molecule has 288 valence electrons. The van der Waals surface area contributed by atoms with Crippen molar-refractivity contribution in [3.05, 3.63) is 10.4 Å². The predicted octanol–water partition coefficient (Wildman–Crippen LogP) is 1.76. The Morgan fingerprint density at radius 3 is 1.20 bits per heavy atom. The van der Waals surface area contributed by atoms with E-state index in [1.807, 2.05) is 0 Å². The Bertz CT molecular complexity index is 767. The lowest BCUT2D eigenvalue weighted by molar-refractivity contribution is -0.122. The lowest BCUT2D eigenvalue weighted by Crippen LogP contribution is -2.27. The molecule has 0 saturated heterocycles. The predicted molar refractivity (Wildman–Crippen MR) is 183 cm³/mol. The van der Waals surface area contributed by atoms with Crippen LogP contribution < -0.4 is 16.4 Å². The van der Waals surface area contributed by atoms with Gasteiger partial charge >= 0.3 is 0 Å². The highest BCUT2D eigenvalue weighted by Crippen LogP contribution is 2.01. The van der Waals surface area contributed by atoms with Crippen LogP contribution in [0.25, 0.3) is 10.4 Å². The largest absolute Gasteiger partial charge is 0.379 e. The van der Waals surface area contributed by atoms with Gasteiger partial charge in [-0.2, -0.15) is 0 Å². The van der Waals surface area contributed by atoms with Crippen molar-refractivity contribution in [1.29, 1.82) is 0 Å². The van der Waals surface area contributed by atoms with Crippen molar-refractivity contribution >= 4 is 11.8 Å². The maximum absolute atomic E-state index is 11.9. The van der Waals surface area contributed by atoms with Crippen LogP contribution in [0.2, 0.25) is 0 Å². The number of nitrogens with one attached hydrogen (secondary N) is 2. The summed E-state index contributed by atoms with van der Waals surface area (Å²) in [6.45, 7) is 10.5. The fourth-order valence-electron chi connectivity index (χ4n) is 3.87. The van der Waals surface area contributed by atoms with Crippen LogP contribution in [-0.2, 0) is 52.2 Å². The van der Waals surface area contributed by atoms with Gasteiger partial charge in [-0.3, -0.25) is 9.59 Å². The maximum Gasteiger partial charge on any atom is 0.220 e. The molecule has 17 nitrogen and oxygen atoms in total. The summed E-state index contributed by atoms with van der Waals surface area (Å²) < 4.78 is 48.8. The SMILES string of the molecule is [N-]=[N+]=NCCOCCOCCOCCOCCOCCOCCOCCOCCOCCNC(=O)CCCCCNC(=O)CCCCCN. The van der Waals surface area contributed by atoms with Gasteiger partial charge in [0.25, 0.3) is 0 Å². The highest BCUT2D eigenvalue weighted by molar-refractivity contribution is 5.76. The fourth-order valence-corrected chi connectivity index (χ4v) is 3.87. The molecule has 0 bridgehead atoms. The lowest BCUT2D eigenvalue weighted by atomic mass is 10.1. The first-order chi connectivity index (χ1) is 24.2.